The molecule has 1 rings (SSSR count). The second-order valence-electron chi connectivity index (χ2n) is 3.53. The topological polar surface area (TPSA) is 35.2 Å². The number of nitrogens with two attached hydrogens (primary N) is 1. The summed E-state index contributed by atoms with van der Waals surface area (Å²) in [5, 5.41) is 0.664. The third kappa shape index (κ3) is 3.40. The van der Waals surface area contributed by atoms with Crippen LogP contribution < -0.4 is 10.5 Å². The molecule has 0 amide bonds. The highest BCUT2D eigenvalue weighted by Gasteiger charge is 2.10. The molecule has 2 nitrogen and oxygen atoms in total. The lowest BCUT2D eigenvalue weighted by atomic mass is 10.0. The zero-order valence-electron chi connectivity index (χ0n) is 9.29. The first-order chi connectivity index (χ1) is 7.19. The van der Waals surface area contributed by atoms with Crippen LogP contribution in [0.2, 0.25) is 5.02 Å². The van der Waals surface area contributed by atoms with Gasteiger partial charge in [-0.25, -0.2) is 0 Å². The first kappa shape index (κ1) is 12.3. The highest BCUT2D eigenvalue weighted by Crippen LogP contribution is 2.29. The molecule has 1 atom stereocenters. The molecule has 0 saturated carbocycles. The fourth-order valence-electron chi connectivity index (χ4n) is 1.45. The maximum Gasteiger partial charge on any atom is 0.141 e. The predicted molar refractivity (Wildman–Crippen MR) is 64.6 cm³/mol. The van der Waals surface area contributed by atoms with Crippen molar-refractivity contribution in [1.29, 1.82) is 0 Å². The zero-order valence-corrected chi connectivity index (χ0v) is 10.1. The summed E-state index contributed by atoms with van der Waals surface area (Å²) in [5.41, 5.74) is 7.02. The quantitative estimate of drug-likeness (QED) is 0.839. The number of para-hydroxylation sites is 1. The van der Waals surface area contributed by atoms with Gasteiger partial charge in [-0.15, -0.1) is 0 Å². The highest BCUT2D eigenvalue weighted by molar-refractivity contribution is 6.32. The molecule has 1 unspecified atom stereocenters. The van der Waals surface area contributed by atoms with Crippen LogP contribution in [0.4, 0.5) is 0 Å². The maximum absolute atomic E-state index is 6.07. The van der Waals surface area contributed by atoms with Gasteiger partial charge in [0.05, 0.1) is 11.6 Å². The van der Waals surface area contributed by atoms with Crippen molar-refractivity contribution in [2.75, 3.05) is 6.61 Å². The Hall–Kier alpha value is -0.730. The second kappa shape index (κ2) is 5.99. The Bertz CT molecular complexity index is 314. The van der Waals surface area contributed by atoms with E-state index in [1.807, 2.05) is 25.1 Å². The van der Waals surface area contributed by atoms with Gasteiger partial charge in [-0.3, -0.25) is 0 Å². The summed E-state index contributed by atoms with van der Waals surface area (Å²) >= 11 is 6.07. The molecular weight excluding hydrogens is 210 g/mol. The summed E-state index contributed by atoms with van der Waals surface area (Å²) < 4.78 is 5.53. The Labute approximate surface area is 96.4 Å². The van der Waals surface area contributed by atoms with E-state index in [4.69, 9.17) is 22.1 Å². The van der Waals surface area contributed by atoms with Crippen LogP contribution in [-0.2, 0) is 6.42 Å². The molecule has 84 valence electrons. The monoisotopic (exact) mass is 227 g/mol. The molecule has 0 fully saturated rings. The van der Waals surface area contributed by atoms with Gasteiger partial charge in [-0.05, 0) is 31.4 Å². The lowest BCUT2D eigenvalue weighted by Gasteiger charge is -2.14. The fourth-order valence-corrected chi connectivity index (χ4v) is 1.70. The highest BCUT2D eigenvalue weighted by atomic mass is 35.5. The van der Waals surface area contributed by atoms with Gasteiger partial charge in [0, 0.05) is 6.04 Å². The number of hydrogen-bond donors (Lipinski definition) is 1. The van der Waals surface area contributed by atoms with E-state index in [0.717, 1.165) is 24.2 Å². The summed E-state index contributed by atoms with van der Waals surface area (Å²) in [6, 6.07) is 5.96. The van der Waals surface area contributed by atoms with Crippen molar-refractivity contribution in [1.82, 2.24) is 0 Å². The van der Waals surface area contributed by atoms with E-state index in [-0.39, 0.29) is 6.04 Å². The van der Waals surface area contributed by atoms with Crippen LogP contribution in [0.1, 0.15) is 25.8 Å². The minimum absolute atomic E-state index is 0.169. The summed E-state index contributed by atoms with van der Waals surface area (Å²) in [4.78, 5) is 0. The van der Waals surface area contributed by atoms with Gasteiger partial charge in [-0.1, -0.05) is 30.7 Å². The van der Waals surface area contributed by atoms with E-state index < -0.39 is 0 Å². The molecule has 0 bridgehead atoms. The molecule has 0 radical (unpaired) electrons. The molecule has 2 N–H and O–H groups in total. The molecule has 0 aliphatic rings. The SMILES string of the molecule is CCOc1c(Cl)cccc1CC(N)CC. The summed E-state index contributed by atoms with van der Waals surface area (Å²) in [6.45, 7) is 4.65. The van der Waals surface area contributed by atoms with Gasteiger partial charge in [0.1, 0.15) is 5.75 Å². The molecular formula is C12H18ClNO. The molecule has 0 aliphatic heterocycles. The third-order valence-electron chi connectivity index (χ3n) is 2.34. The van der Waals surface area contributed by atoms with Gasteiger partial charge in [0.15, 0.2) is 0 Å². The van der Waals surface area contributed by atoms with Crippen LogP contribution >= 0.6 is 11.6 Å². The number of rotatable bonds is 5. The zero-order chi connectivity index (χ0) is 11.3. The van der Waals surface area contributed by atoms with Crippen molar-refractivity contribution in [2.45, 2.75) is 32.7 Å². The van der Waals surface area contributed by atoms with Crippen LogP contribution in [0.25, 0.3) is 0 Å². The minimum Gasteiger partial charge on any atom is -0.492 e. The molecule has 0 saturated heterocycles. The van der Waals surface area contributed by atoms with E-state index in [1.54, 1.807) is 0 Å². The third-order valence-corrected chi connectivity index (χ3v) is 2.64. The Balaban J connectivity index is 2.89. The summed E-state index contributed by atoms with van der Waals surface area (Å²) in [5.74, 6) is 0.783. The van der Waals surface area contributed by atoms with Gasteiger partial charge in [-0.2, -0.15) is 0 Å². The predicted octanol–water partition coefficient (Wildman–Crippen LogP) is 3.02. The van der Waals surface area contributed by atoms with Crippen molar-refractivity contribution < 1.29 is 4.74 Å². The molecule has 0 heterocycles. The Kier molecular flexibility index (Phi) is 4.92. The summed E-state index contributed by atoms with van der Waals surface area (Å²) in [6.07, 6.45) is 1.77. The number of benzene rings is 1. The molecule has 0 aliphatic carbocycles. The van der Waals surface area contributed by atoms with E-state index in [1.165, 1.54) is 0 Å². The van der Waals surface area contributed by atoms with E-state index in [0.29, 0.717) is 11.6 Å². The van der Waals surface area contributed by atoms with Crippen LogP contribution in [0.3, 0.4) is 0 Å². The molecule has 0 aromatic heterocycles. The van der Waals surface area contributed by atoms with Crippen molar-refractivity contribution in [2.24, 2.45) is 5.73 Å². The van der Waals surface area contributed by atoms with Crippen LogP contribution in [0.15, 0.2) is 18.2 Å². The van der Waals surface area contributed by atoms with E-state index in [9.17, 15) is 0 Å². The first-order valence-electron chi connectivity index (χ1n) is 5.34. The lowest BCUT2D eigenvalue weighted by molar-refractivity contribution is 0.335. The Morgan fingerprint density at radius 1 is 1.40 bits per heavy atom. The largest absolute Gasteiger partial charge is 0.492 e. The van der Waals surface area contributed by atoms with Crippen molar-refractivity contribution in [3.05, 3.63) is 28.8 Å². The smallest absolute Gasteiger partial charge is 0.141 e. The van der Waals surface area contributed by atoms with Gasteiger partial charge < -0.3 is 10.5 Å². The fraction of sp³-hybridized carbons (Fsp3) is 0.500. The number of ether oxygens (including phenoxy) is 1. The lowest BCUT2D eigenvalue weighted by Crippen LogP contribution is -2.21. The van der Waals surface area contributed by atoms with Crippen molar-refractivity contribution >= 4 is 11.6 Å². The Morgan fingerprint density at radius 3 is 2.73 bits per heavy atom. The molecule has 0 spiro atoms. The van der Waals surface area contributed by atoms with Crippen LogP contribution in [0.5, 0.6) is 5.75 Å². The second-order valence-corrected chi connectivity index (χ2v) is 3.94. The van der Waals surface area contributed by atoms with Gasteiger partial charge in [0.2, 0.25) is 0 Å². The summed E-state index contributed by atoms with van der Waals surface area (Å²) in [7, 11) is 0. The minimum atomic E-state index is 0.169. The van der Waals surface area contributed by atoms with Crippen LogP contribution in [-0.4, -0.2) is 12.6 Å². The van der Waals surface area contributed by atoms with E-state index in [2.05, 4.69) is 6.92 Å². The molecule has 15 heavy (non-hydrogen) atoms. The van der Waals surface area contributed by atoms with Gasteiger partial charge >= 0.3 is 0 Å². The Morgan fingerprint density at radius 2 is 2.13 bits per heavy atom. The standard InChI is InChI=1S/C12H18ClNO/c1-3-10(14)8-9-6-5-7-11(13)12(9)15-4-2/h5-7,10H,3-4,8,14H2,1-2H3. The number of halogens is 1. The first-order valence-corrected chi connectivity index (χ1v) is 5.72. The van der Waals surface area contributed by atoms with E-state index >= 15 is 0 Å². The molecule has 1 aromatic rings. The average Bonchev–Trinajstić information content (AvgIpc) is 2.23. The average molecular weight is 228 g/mol. The van der Waals surface area contributed by atoms with Crippen molar-refractivity contribution in [3.63, 3.8) is 0 Å². The normalized spacial score (nSPS) is 12.5. The van der Waals surface area contributed by atoms with Crippen LogP contribution in [0, 0.1) is 0 Å². The van der Waals surface area contributed by atoms with Gasteiger partial charge in [0.25, 0.3) is 0 Å². The number of hydrogen-bond acceptors (Lipinski definition) is 2. The molecule has 3 heteroatoms. The maximum atomic E-state index is 6.07. The van der Waals surface area contributed by atoms with Crippen molar-refractivity contribution in [3.8, 4) is 5.75 Å². The molecule has 1 aromatic carbocycles.